The van der Waals surface area contributed by atoms with E-state index in [-0.39, 0.29) is 5.54 Å². The molecule has 0 spiro atoms. The summed E-state index contributed by atoms with van der Waals surface area (Å²) in [6, 6.07) is 4.47. The number of hydrogen-bond donors (Lipinski definition) is 1. The molecule has 1 aliphatic heterocycles. The standard InChI is InChI=1S/C18H29NO/c1-13(2)18(9-7-6-8-10-19-18)17-15(4)11-14(3)12-16(17)20-5/h11-13,19H,6-10H2,1-5H3. The Labute approximate surface area is 123 Å². The fraction of sp³-hybridized carbons (Fsp3) is 0.667. The molecule has 2 rings (SSSR count). The van der Waals surface area contributed by atoms with Gasteiger partial charge in [0.05, 0.1) is 7.11 Å². The Hall–Kier alpha value is -1.02. The second kappa shape index (κ2) is 6.17. The molecule has 0 aliphatic carbocycles. The first-order chi connectivity index (χ1) is 9.51. The maximum absolute atomic E-state index is 5.74. The van der Waals surface area contributed by atoms with Crippen molar-refractivity contribution in [1.82, 2.24) is 5.32 Å². The highest BCUT2D eigenvalue weighted by atomic mass is 16.5. The lowest BCUT2D eigenvalue weighted by molar-refractivity contribution is 0.221. The zero-order valence-corrected chi connectivity index (χ0v) is 13.7. The van der Waals surface area contributed by atoms with Gasteiger partial charge >= 0.3 is 0 Å². The van der Waals surface area contributed by atoms with Crippen LogP contribution in [0.1, 0.15) is 56.2 Å². The SMILES string of the molecule is COc1cc(C)cc(C)c1C1(C(C)C)CCCCCN1. The molecule has 1 saturated heterocycles. The maximum Gasteiger partial charge on any atom is 0.124 e. The van der Waals surface area contributed by atoms with Crippen LogP contribution in [-0.2, 0) is 5.54 Å². The Morgan fingerprint density at radius 2 is 1.90 bits per heavy atom. The van der Waals surface area contributed by atoms with Crippen molar-refractivity contribution in [2.45, 2.75) is 58.9 Å². The van der Waals surface area contributed by atoms with Crippen molar-refractivity contribution in [2.75, 3.05) is 13.7 Å². The summed E-state index contributed by atoms with van der Waals surface area (Å²) in [7, 11) is 1.79. The first-order valence-electron chi connectivity index (χ1n) is 7.92. The smallest absolute Gasteiger partial charge is 0.124 e. The maximum atomic E-state index is 5.74. The Balaban J connectivity index is 2.59. The summed E-state index contributed by atoms with van der Waals surface area (Å²) in [5.41, 5.74) is 4.06. The van der Waals surface area contributed by atoms with Crippen LogP contribution in [0.5, 0.6) is 5.75 Å². The molecule has 20 heavy (non-hydrogen) atoms. The monoisotopic (exact) mass is 275 g/mol. The number of nitrogens with one attached hydrogen (secondary N) is 1. The van der Waals surface area contributed by atoms with Crippen LogP contribution >= 0.6 is 0 Å². The van der Waals surface area contributed by atoms with E-state index in [2.05, 4.69) is 45.1 Å². The van der Waals surface area contributed by atoms with Crippen LogP contribution in [0.3, 0.4) is 0 Å². The van der Waals surface area contributed by atoms with E-state index in [1.54, 1.807) is 7.11 Å². The van der Waals surface area contributed by atoms with Gasteiger partial charge in [-0.2, -0.15) is 0 Å². The minimum absolute atomic E-state index is 0.0552. The zero-order chi connectivity index (χ0) is 14.8. The molecule has 2 nitrogen and oxygen atoms in total. The first kappa shape index (κ1) is 15.4. The fourth-order valence-corrected chi connectivity index (χ4v) is 3.76. The average molecular weight is 275 g/mol. The number of rotatable bonds is 3. The third kappa shape index (κ3) is 2.71. The normalized spacial score (nSPS) is 23.7. The molecule has 1 fully saturated rings. The molecule has 1 atom stereocenters. The minimum atomic E-state index is 0.0552. The zero-order valence-electron chi connectivity index (χ0n) is 13.7. The van der Waals surface area contributed by atoms with Gasteiger partial charge in [-0.15, -0.1) is 0 Å². The molecule has 0 radical (unpaired) electrons. The van der Waals surface area contributed by atoms with Gasteiger partial charge in [0.15, 0.2) is 0 Å². The number of benzene rings is 1. The molecular weight excluding hydrogens is 246 g/mol. The van der Waals surface area contributed by atoms with Gasteiger partial charge in [-0.1, -0.05) is 32.8 Å². The molecule has 112 valence electrons. The number of ether oxygens (including phenoxy) is 1. The third-order valence-corrected chi connectivity index (χ3v) is 4.78. The van der Waals surface area contributed by atoms with E-state index in [0.29, 0.717) is 5.92 Å². The molecule has 1 aromatic carbocycles. The van der Waals surface area contributed by atoms with Crippen LogP contribution < -0.4 is 10.1 Å². The summed E-state index contributed by atoms with van der Waals surface area (Å²) in [5.74, 6) is 1.60. The van der Waals surface area contributed by atoms with Crippen LogP contribution in [-0.4, -0.2) is 13.7 Å². The Kier molecular flexibility index (Phi) is 4.74. The molecule has 2 heteroatoms. The van der Waals surface area contributed by atoms with Crippen LogP contribution in [0.4, 0.5) is 0 Å². The van der Waals surface area contributed by atoms with Crippen LogP contribution in [0.25, 0.3) is 0 Å². The Bertz CT molecular complexity index is 457. The molecule has 1 N–H and O–H groups in total. The quantitative estimate of drug-likeness (QED) is 0.886. The van der Waals surface area contributed by atoms with Gasteiger partial charge in [-0.05, 0) is 56.3 Å². The number of hydrogen-bond acceptors (Lipinski definition) is 2. The molecular formula is C18H29NO. The number of aryl methyl sites for hydroxylation is 2. The van der Waals surface area contributed by atoms with Crippen molar-refractivity contribution in [1.29, 1.82) is 0 Å². The van der Waals surface area contributed by atoms with Gasteiger partial charge in [0, 0.05) is 11.1 Å². The van der Waals surface area contributed by atoms with Crippen molar-refractivity contribution < 1.29 is 4.74 Å². The van der Waals surface area contributed by atoms with E-state index in [1.165, 1.54) is 42.4 Å². The largest absolute Gasteiger partial charge is 0.496 e. The highest BCUT2D eigenvalue weighted by Crippen LogP contribution is 2.43. The summed E-state index contributed by atoms with van der Waals surface area (Å²) in [4.78, 5) is 0. The summed E-state index contributed by atoms with van der Waals surface area (Å²) >= 11 is 0. The van der Waals surface area contributed by atoms with Gasteiger partial charge in [-0.3, -0.25) is 0 Å². The molecule has 0 saturated carbocycles. The van der Waals surface area contributed by atoms with Gasteiger partial charge in [0.1, 0.15) is 5.75 Å². The van der Waals surface area contributed by atoms with Crippen LogP contribution in [0.2, 0.25) is 0 Å². The van der Waals surface area contributed by atoms with Crippen LogP contribution in [0, 0.1) is 19.8 Å². The van der Waals surface area contributed by atoms with E-state index in [9.17, 15) is 0 Å². The van der Waals surface area contributed by atoms with Gasteiger partial charge < -0.3 is 10.1 Å². The van der Waals surface area contributed by atoms with Crippen molar-refractivity contribution in [3.05, 3.63) is 28.8 Å². The van der Waals surface area contributed by atoms with E-state index >= 15 is 0 Å². The summed E-state index contributed by atoms with van der Waals surface area (Å²) in [6.07, 6.45) is 5.10. The second-order valence-electron chi connectivity index (χ2n) is 6.52. The van der Waals surface area contributed by atoms with Gasteiger partial charge in [0.25, 0.3) is 0 Å². The molecule has 1 aromatic rings. The third-order valence-electron chi connectivity index (χ3n) is 4.78. The number of methoxy groups -OCH3 is 1. The molecule has 0 aromatic heterocycles. The topological polar surface area (TPSA) is 21.3 Å². The molecule has 1 heterocycles. The van der Waals surface area contributed by atoms with Gasteiger partial charge in [0.2, 0.25) is 0 Å². The molecule has 0 bridgehead atoms. The minimum Gasteiger partial charge on any atom is -0.496 e. The molecule has 0 amide bonds. The van der Waals surface area contributed by atoms with Crippen molar-refractivity contribution >= 4 is 0 Å². The highest BCUT2D eigenvalue weighted by Gasteiger charge is 2.39. The van der Waals surface area contributed by atoms with E-state index in [1.807, 2.05) is 0 Å². The fourth-order valence-electron chi connectivity index (χ4n) is 3.76. The summed E-state index contributed by atoms with van der Waals surface area (Å²) in [5, 5.41) is 3.87. The van der Waals surface area contributed by atoms with E-state index in [4.69, 9.17) is 4.74 Å². The van der Waals surface area contributed by atoms with Crippen molar-refractivity contribution in [2.24, 2.45) is 5.92 Å². The van der Waals surface area contributed by atoms with Crippen molar-refractivity contribution in [3.63, 3.8) is 0 Å². The highest BCUT2D eigenvalue weighted by molar-refractivity contribution is 5.48. The van der Waals surface area contributed by atoms with E-state index < -0.39 is 0 Å². The molecule has 1 unspecified atom stereocenters. The lowest BCUT2D eigenvalue weighted by Gasteiger charge is -2.40. The molecule has 1 aliphatic rings. The summed E-state index contributed by atoms with van der Waals surface area (Å²) < 4.78 is 5.74. The Morgan fingerprint density at radius 1 is 1.15 bits per heavy atom. The van der Waals surface area contributed by atoms with Crippen molar-refractivity contribution in [3.8, 4) is 5.75 Å². The lowest BCUT2D eigenvalue weighted by atomic mass is 9.74. The van der Waals surface area contributed by atoms with Crippen LogP contribution in [0.15, 0.2) is 12.1 Å². The van der Waals surface area contributed by atoms with Gasteiger partial charge in [-0.25, -0.2) is 0 Å². The first-order valence-corrected chi connectivity index (χ1v) is 7.92. The predicted molar refractivity (Wildman–Crippen MR) is 85.5 cm³/mol. The van der Waals surface area contributed by atoms with E-state index in [0.717, 1.165) is 12.3 Å². The Morgan fingerprint density at radius 3 is 2.55 bits per heavy atom. The lowest BCUT2D eigenvalue weighted by Crippen LogP contribution is -2.47. The summed E-state index contributed by atoms with van der Waals surface area (Å²) in [6.45, 7) is 10.1. The predicted octanol–water partition coefficient (Wildman–Crippen LogP) is 4.33. The second-order valence-corrected chi connectivity index (χ2v) is 6.52. The average Bonchev–Trinajstić information content (AvgIpc) is 2.64.